The summed E-state index contributed by atoms with van der Waals surface area (Å²) < 4.78 is 5.25. The third kappa shape index (κ3) is 8.65. The Kier molecular flexibility index (Phi) is 9.95. The number of hydrogen-bond donors (Lipinski definition) is 3. The molecule has 1 aliphatic rings. The highest BCUT2D eigenvalue weighted by Crippen LogP contribution is 2.38. The molecule has 2 rings (SSSR count). The molecule has 7 heteroatoms. The van der Waals surface area contributed by atoms with Crippen LogP contribution in [0.1, 0.15) is 79.3 Å². The Morgan fingerprint density at radius 3 is 2.26 bits per heavy atom. The van der Waals surface area contributed by atoms with Crippen LogP contribution in [0.4, 0.5) is 4.79 Å². The van der Waals surface area contributed by atoms with Crippen LogP contribution in [0.5, 0.6) is 0 Å². The van der Waals surface area contributed by atoms with E-state index in [1.54, 1.807) is 27.7 Å². The minimum Gasteiger partial charge on any atom is -0.444 e. The summed E-state index contributed by atoms with van der Waals surface area (Å²) in [7, 11) is 0. The highest BCUT2D eigenvalue weighted by Gasteiger charge is 2.35. The zero-order chi connectivity index (χ0) is 25.5. The number of rotatable bonds is 8. The van der Waals surface area contributed by atoms with Gasteiger partial charge in [0.25, 0.3) is 0 Å². The molecule has 7 nitrogen and oxygen atoms in total. The molecule has 0 saturated heterocycles. The molecule has 3 N–H and O–H groups in total. The number of carbonyl (C=O) groups is 3. The van der Waals surface area contributed by atoms with Crippen LogP contribution in [0.3, 0.4) is 0 Å². The van der Waals surface area contributed by atoms with Gasteiger partial charge in [-0.1, -0.05) is 57.5 Å². The van der Waals surface area contributed by atoms with Crippen LogP contribution in [0, 0.1) is 23.7 Å². The highest BCUT2D eigenvalue weighted by atomic mass is 16.6. The van der Waals surface area contributed by atoms with Gasteiger partial charge in [0.2, 0.25) is 11.8 Å². The molecule has 1 aromatic carbocycles. The van der Waals surface area contributed by atoms with Gasteiger partial charge in [-0.25, -0.2) is 4.79 Å². The van der Waals surface area contributed by atoms with Crippen LogP contribution in [0.2, 0.25) is 0 Å². The van der Waals surface area contributed by atoms with Gasteiger partial charge in [0.15, 0.2) is 0 Å². The second-order valence-corrected chi connectivity index (χ2v) is 11.0. The van der Waals surface area contributed by atoms with Crippen LogP contribution >= 0.6 is 0 Å². The number of hydrogen-bond acceptors (Lipinski definition) is 4. The Morgan fingerprint density at radius 2 is 1.68 bits per heavy atom. The average molecular weight is 474 g/mol. The van der Waals surface area contributed by atoms with Crippen molar-refractivity contribution in [3.05, 3.63) is 35.9 Å². The number of alkyl carbamates (subject to hydrolysis) is 1. The van der Waals surface area contributed by atoms with Gasteiger partial charge in [-0.3, -0.25) is 9.59 Å². The molecule has 3 amide bonds. The molecule has 0 unspecified atom stereocenters. The molecule has 1 saturated carbocycles. The smallest absolute Gasteiger partial charge is 0.408 e. The van der Waals surface area contributed by atoms with Crippen LogP contribution in [-0.4, -0.2) is 36.1 Å². The van der Waals surface area contributed by atoms with Gasteiger partial charge in [-0.2, -0.15) is 0 Å². The van der Waals surface area contributed by atoms with Gasteiger partial charge in [-0.05, 0) is 63.9 Å². The number of amides is 3. The lowest BCUT2D eigenvalue weighted by Crippen LogP contribution is -2.49. The average Bonchev–Trinajstić information content (AvgIpc) is 2.75. The van der Waals surface area contributed by atoms with E-state index in [0.29, 0.717) is 17.8 Å². The summed E-state index contributed by atoms with van der Waals surface area (Å²) in [6.07, 6.45) is 2.49. The number of benzene rings is 1. The third-order valence-corrected chi connectivity index (χ3v) is 6.48. The molecule has 1 fully saturated rings. The summed E-state index contributed by atoms with van der Waals surface area (Å²) in [5, 5.41) is 8.66. The van der Waals surface area contributed by atoms with Gasteiger partial charge in [0, 0.05) is 12.5 Å². The quantitative estimate of drug-likeness (QED) is 0.515. The summed E-state index contributed by atoms with van der Waals surface area (Å²) >= 11 is 0. The van der Waals surface area contributed by atoms with E-state index in [1.165, 1.54) is 0 Å². The Balaban J connectivity index is 2.05. The monoisotopic (exact) mass is 473 g/mol. The van der Waals surface area contributed by atoms with E-state index >= 15 is 0 Å². The topological polar surface area (TPSA) is 96.5 Å². The standard InChI is InChI=1S/C27H43N3O4/c1-17(2)21-14-13-18(3)15-22(21)25(32)28-16-23(20-11-9-8-10-12-20)30-24(31)19(4)29-26(33)34-27(5,6)7/h8-12,17-19,21-23H,13-16H2,1-7H3,(H,28,32)(H,29,33)(H,30,31)/t18-,19-,21+,22-,23+/m1/s1. The first-order valence-electron chi connectivity index (χ1n) is 12.5. The lowest BCUT2D eigenvalue weighted by atomic mass is 9.70. The summed E-state index contributed by atoms with van der Waals surface area (Å²) in [5.74, 6) is 1.06. The van der Waals surface area contributed by atoms with Crippen LogP contribution < -0.4 is 16.0 Å². The maximum atomic E-state index is 13.2. The van der Waals surface area contributed by atoms with Crippen LogP contribution in [0.15, 0.2) is 30.3 Å². The predicted octanol–water partition coefficient (Wildman–Crippen LogP) is 4.58. The Labute approximate surface area is 204 Å². The minimum atomic E-state index is -0.790. The van der Waals surface area contributed by atoms with Crippen LogP contribution in [0.25, 0.3) is 0 Å². The molecule has 34 heavy (non-hydrogen) atoms. The van der Waals surface area contributed by atoms with Crippen molar-refractivity contribution < 1.29 is 19.1 Å². The van der Waals surface area contributed by atoms with E-state index in [9.17, 15) is 14.4 Å². The maximum absolute atomic E-state index is 13.2. The number of carbonyl (C=O) groups excluding carboxylic acids is 3. The van der Waals surface area contributed by atoms with Crippen molar-refractivity contribution in [2.75, 3.05) is 6.54 Å². The minimum absolute atomic E-state index is 0.0105. The first kappa shape index (κ1) is 27.7. The van der Waals surface area contributed by atoms with Gasteiger partial charge in [0.05, 0.1) is 6.04 Å². The second-order valence-electron chi connectivity index (χ2n) is 11.0. The summed E-state index contributed by atoms with van der Waals surface area (Å²) in [4.78, 5) is 38.1. The van der Waals surface area contributed by atoms with E-state index in [-0.39, 0.29) is 24.3 Å². The van der Waals surface area contributed by atoms with Gasteiger partial charge < -0.3 is 20.7 Å². The SMILES string of the molecule is CC(C)[C@@H]1CC[C@@H](C)C[C@H]1C(=O)NC[C@H](NC(=O)[C@@H](C)NC(=O)OC(C)(C)C)c1ccccc1. The normalized spacial score (nSPS) is 22.4. The largest absolute Gasteiger partial charge is 0.444 e. The van der Waals surface area contributed by atoms with Gasteiger partial charge in [-0.15, -0.1) is 0 Å². The summed E-state index contributed by atoms with van der Waals surface area (Å²) in [6, 6.07) is 8.34. The Morgan fingerprint density at radius 1 is 1.03 bits per heavy atom. The van der Waals surface area contributed by atoms with E-state index in [4.69, 9.17) is 4.74 Å². The fourth-order valence-electron chi connectivity index (χ4n) is 4.62. The van der Waals surface area contributed by atoms with E-state index in [0.717, 1.165) is 24.8 Å². The fraction of sp³-hybridized carbons (Fsp3) is 0.667. The van der Waals surface area contributed by atoms with Crippen molar-refractivity contribution in [1.29, 1.82) is 0 Å². The molecule has 190 valence electrons. The molecule has 0 bridgehead atoms. The maximum Gasteiger partial charge on any atom is 0.408 e. The molecule has 1 aliphatic carbocycles. The molecule has 0 aliphatic heterocycles. The zero-order valence-electron chi connectivity index (χ0n) is 21.8. The Bertz CT molecular complexity index is 819. The summed E-state index contributed by atoms with van der Waals surface area (Å²) in [5.41, 5.74) is 0.236. The van der Waals surface area contributed by atoms with E-state index in [1.807, 2.05) is 30.3 Å². The van der Waals surface area contributed by atoms with Crippen molar-refractivity contribution in [1.82, 2.24) is 16.0 Å². The van der Waals surface area contributed by atoms with E-state index < -0.39 is 23.8 Å². The number of ether oxygens (including phenoxy) is 1. The molecule has 1 aromatic rings. The molecule has 0 heterocycles. The molecule has 5 atom stereocenters. The lowest BCUT2D eigenvalue weighted by Gasteiger charge is -2.36. The first-order valence-corrected chi connectivity index (χ1v) is 12.5. The van der Waals surface area contributed by atoms with Crippen molar-refractivity contribution in [3.8, 4) is 0 Å². The zero-order valence-corrected chi connectivity index (χ0v) is 21.8. The molecular weight excluding hydrogens is 430 g/mol. The van der Waals surface area contributed by atoms with Gasteiger partial charge >= 0.3 is 6.09 Å². The van der Waals surface area contributed by atoms with Crippen molar-refractivity contribution in [3.63, 3.8) is 0 Å². The summed E-state index contributed by atoms with van der Waals surface area (Å²) in [6.45, 7) is 13.8. The van der Waals surface area contributed by atoms with Crippen LogP contribution in [-0.2, 0) is 14.3 Å². The second kappa shape index (κ2) is 12.2. The highest BCUT2D eigenvalue weighted by molar-refractivity contribution is 5.85. The van der Waals surface area contributed by atoms with Crippen molar-refractivity contribution >= 4 is 17.9 Å². The van der Waals surface area contributed by atoms with E-state index in [2.05, 4.69) is 36.7 Å². The molecule has 0 radical (unpaired) electrons. The molecule has 0 aromatic heterocycles. The number of nitrogens with one attached hydrogen (secondary N) is 3. The molecule has 0 spiro atoms. The van der Waals surface area contributed by atoms with Crippen molar-refractivity contribution in [2.24, 2.45) is 23.7 Å². The third-order valence-electron chi connectivity index (χ3n) is 6.48. The Hall–Kier alpha value is -2.57. The van der Waals surface area contributed by atoms with Crippen molar-refractivity contribution in [2.45, 2.75) is 85.4 Å². The molecular formula is C27H43N3O4. The fourth-order valence-corrected chi connectivity index (χ4v) is 4.62. The first-order chi connectivity index (χ1) is 15.9. The van der Waals surface area contributed by atoms with Gasteiger partial charge in [0.1, 0.15) is 11.6 Å². The predicted molar refractivity (Wildman–Crippen MR) is 134 cm³/mol. The lowest BCUT2D eigenvalue weighted by molar-refractivity contribution is -0.130.